The molecule has 2 N–H and O–H groups in total. The molecular weight excluding hydrogens is 368 g/mol. The Morgan fingerprint density at radius 3 is 2.76 bits per heavy atom. The van der Waals surface area contributed by atoms with E-state index in [0.29, 0.717) is 30.3 Å². The van der Waals surface area contributed by atoms with Crippen LogP contribution in [0.15, 0.2) is 67.4 Å². The summed E-state index contributed by atoms with van der Waals surface area (Å²) in [5, 5.41) is 14.6. The van der Waals surface area contributed by atoms with Gasteiger partial charge in [0, 0.05) is 43.3 Å². The minimum absolute atomic E-state index is 0.142. The first-order valence-electron chi connectivity index (χ1n) is 9.16. The molecule has 4 aromatic rings. The van der Waals surface area contributed by atoms with Crippen LogP contribution < -0.4 is 10.6 Å². The van der Waals surface area contributed by atoms with E-state index >= 15 is 0 Å². The van der Waals surface area contributed by atoms with E-state index in [1.165, 1.54) is 6.33 Å². The molecule has 1 amide bonds. The second-order valence-electron chi connectivity index (χ2n) is 6.35. The maximum atomic E-state index is 12.4. The summed E-state index contributed by atoms with van der Waals surface area (Å²) >= 11 is 0. The van der Waals surface area contributed by atoms with Crippen LogP contribution in [-0.2, 0) is 0 Å². The van der Waals surface area contributed by atoms with E-state index in [2.05, 4.69) is 30.8 Å². The Morgan fingerprint density at radius 2 is 1.97 bits per heavy atom. The Bertz CT molecular complexity index is 1100. The number of nitrogens with zero attached hydrogens (tertiary/aromatic N) is 6. The highest BCUT2D eigenvalue weighted by molar-refractivity contribution is 5.94. The van der Waals surface area contributed by atoms with Gasteiger partial charge in [-0.05, 0) is 37.3 Å². The van der Waals surface area contributed by atoms with Crippen molar-refractivity contribution in [2.75, 3.05) is 18.4 Å². The molecule has 4 rings (SSSR count). The fraction of sp³-hybridized carbons (Fsp3) is 0.150. The van der Waals surface area contributed by atoms with Crippen molar-refractivity contribution in [2.45, 2.75) is 6.92 Å². The van der Waals surface area contributed by atoms with Gasteiger partial charge in [0.2, 0.25) is 0 Å². The topological polar surface area (TPSA) is 103 Å². The van der Waals surface area contributed by atoms with Gasteiger partial charge in [-0.1, -0.05) is 6.07 Å². The highest BCUT2D eigenvalue weighted by Gasteiger charge is 2.07. The maximum Gasteiger partial charge on any atom is 0.251 e. The van der Waals surface area contributed by atoms with Crippen molar-refractivity contribution >= 4 is 11.7 Å². The van der Waals surface area contributed by atoms with E-state index in [1.807, 2.05) is 49.6 Å². The number of amides is 1. The average molecular weight is 388 g/mol. The summed E-state index contributed by atoms with van der Waals surface area (Å²) in [5.74, 6) is 1.20. The fourth-order valence-electron chi connectivity index (χ4n) is 2.79. The molecule has 146 valence electrons. The first kappa shape index (κ1) is 18.4. The molecule has 0 unspecified atom stereocenters. The molecule has 0 saturated heterocycles. The number of aromatic nitrogens is 6. The summed E-state index contributed by atoms with van der Waals surface area (Å²) in [4.78, 5) is 20.8. The van der Waals surface area contributed by atoms with Gasteiger partial charge in [-0.3, -0.25) is 4.79 Å². The predicted molar refractivity (Wildman–Crippen MR) is 108 cm³/mol. The van der Waals surface area contributed by atoms with Gasteiger partial charge in [0.25, 0.3) is 5.91 Å². The van der Waals surface area contributed by atoms with Gasteiger partial charge >= 0.3 is 0 Å². The zero-order chi connectivity index (χ0) is 20.1. The minimum Gasteiger partial charge on any atom is -0.368 e. The Labute approximate surface area is 167 Å². The van der Waals surface area contributed by atoms with Crippen molar-refractivity contribution in [3.8, 4) is 11.5 Å². The maximum absolute atomic E-state index is 12.4. The summed E-state index contributed by atoms with van der Waals surface area (Å²) in [6, 6.07) is 12.9. The Hall–Kier alpha value is -4.01. The van der Waals surface area contributed by atoms with E-state index in [1.54, 1.807) is 27.7 Å². The molecule has 0 aliphatic rings. The monoisotopic (exact) mass is 388 g/mol. The molecular formula is C20H20N8O. The highest BCUT2D eigenvalue weighted by atomic mass is 16.1. The fourth-order valence-corrected chi connectivity index (χ4v) is 2.79. The van der Waals surface area contributed by atoms with E-state index in [4.69, 9.17) is 0 Å². The van der Waals surface area contributed by atoms with Crippen molar-refractivity contribution in [1.82, 2.24) is 34.8 Å². The second kappa shape index (κ2) is 8.34. The lowest BCUT2D eigenvalue weighted by Gasteiger charge is -2.09. The van der Waals surface area contributed by atoms with Crippen LogP contribution in [0.4, 0.5) is 5.82 Å². The molecule has 3 aromatic heterocycles. The van der Waals surface area contributed by atoms with Gasteiger partial charge < -0.3 is 10.6 Å². The summed E-state index contributed by atoms with van der Waals surface area (Å²) in [6.07, 6.45) is 6.86. The van der Waals surface area contributed by atoms with Gasteiger partial charge in [0.05, 0.1) is 11.4 Å². The lowest BCUT2D eigenvalue weighted by molar-refractivity contribution is 0.0955. The third-order valence-corrected chi connectivity index (χ3v) is 4.20. The lowest BCUT2D eigenvalue weighted by atomic mass is 10.2. The SMILES string of the molecule is Cc1ccn(-c2cc(NCCNC(=O)c3cccc(-n4cccn4)c3)ncn2)n1. The van der Waals surface area contributed by atoms with Crippen LogP contribution in [0.25, 0.3) is 11.5 Å². The predicted octanol–water partition coefficient (Wildman–Crippen LogP) is 2.00. The van der Waals surface area contributed by atoms with Crippen molar-refractivity contribution < 1.29 is 4.79 Å². The van der Waals surface area contributed by atoms with E-state index in [9.17, 15) is 4.79 Å². The molecule has 0 radical (unpaired) electrons. The summed E-state index contributed by atoms with van der Waals surface area (Å²) in [7, 11) is 0. The smallest absolute Gasteiger partial charge is 0.251 e. The first-order chi connectivity index (χ1) is 14.2. The summed E-state index contributed by atoms with van der Waals surface area (Å²) < 4.78 is 3.41. The summed E-state index contributed by atoms with van der Waals surface area (Å²) in [5.41, 5.74) is 2.33. The Morgan fingerprint density at radius 1 is 1.03 bits per heavy atom. The molecule has 0 spiro atoms. The Kier molecular flexibility index (Phi) is 5.28. The second-order valence-corrected chi connectivity index (χ2v) is 6.35. The highest BCUT2D eigenvalue weighted by Crippen LogP contribution is 2.10. The van der Waals surface area contributed by atoms with Gasteiger partial charge in [-0.15, -0.1) is 0 Å². The molecule has 0 fully saturated rings. The van der Waals surface area contributed by atoms with Gasteiger partial charge in [-0.25, -0.2) is 19.3 Å². The zero-order valence-corrected chi connectivity index (χ0v) is 15.9. The molecule has 0 saturated carbocycles. The van der Waals surface area contributed by atoms with Gasteiger partial charge in [0.1, 0.15) is 12.1 Å². The number of hydrogen-bond acceptors (Lipinski definition) is 6. The molecule has 0 bridgehead atoms. The number of carbonyl (C=O) groups excluding carboxylic acids is 1. The summed E-state index contributed by atoms with van der Waals surface area (Å²) in [6.45, 7) is 2.90. The number of anilines is 1. The average Bonchev–Trinajstić information content (AvgIpc) is 3.43. The number of rotatable bonds is 7. The first-order valence-corrected chi connectivity index (χ1v) is 9.16. The van der Waals surface area contributed by atoms with Crippen LogP contribution in [0.2, 0.25) is 0 Å². The zero-order valence-electron chi connectivity index (χ0n) is 15.9. The molecule has 0 aliphatic heterocycles. The third-order valence-electron chi connectivity index (χ3n) is 4.20. The quantitative estimate of drug-likeness (QED) is 0.470. The third kappa shape index (κ3) is 4.46. The largest absolute Gasteiger partial charge is 0.368 e. The molecule has 9 nitrogen and oxygen atoms in total. The lowest BCUT2D eigenvalue weighted by Crippen LogP contribution is -2.29. The van der Waals surface area contributed by atoms with E-state index in [-0.39, 0.29) is 5.91 Å². The van der Waals surface area contributed by atoms with Crippen molar-refractivity contribution in [1.29, 1.82) is 0 Å². The number of benzene rings is 1. The number of hydrogen-bond donors (Lipinski definition) is 2. The number of nitrogens with one attached hydrogen (secondary N) is 2. The van der Waals surface area contributed by atoms with Crippen molar-refractivity contribution in [3.63, 3.8) is 0 Å². The molecule has 9 heteroatoms. The van der Waals surface area contributed by atoms with Crippen LogP contribution in [-0.4, -0.2) is 48.5 Å². The van der Waals surface area contributed by atoms with Crippen LogP contribution in [0.1, 0.15) is 16.1 Å². The van der Waals surface area contributed by atoms with Crippen molar-refractivity contribution in [2.24, 2.45) is 0 Å². The molecule has 0 aliphatic carbocycles. The van der Waals surface area contributed by atoms with Crippen LogP contribution in [0, 0.1) is 6.92 Å². The molecule has 0 atom stereocenters. The molecule has 3 heterocycles. The van der Waals surface area contributed by atoms with E-state index in [0.717, 1.165) is 11.4 Å². The number of carbonyl (C=O) groups is 1. The normalized spacial score (nSPS) is 10.7. The van der Waals surface area contributed by atoms with Crippen LogP contribution in [0.5, 0.6) is 0 Å². The van der Waals surface area contributed by atoms with Crippen molar-refractivity contribution in [3.05, 3.63) is 78.6 Å². The van der Waals surface area contributed by atoms with Crippen LogP contribution in [0.3, 0.4) is 0 Å². The van der Waals surface area contributed by atoms with Gasteiger partial charge in [0.15, 0.2) is 5.82 Å². The van der Waals surface area contributed by atoms with Gasteiger partial charge in [-0.2, -0.15) is 10.2 Å². The standard InChI is InChI=1S/C20H20N8O/c1-15-6-11-28(26-15)19-13-18(23-14-24-19)21-8-9-22-20(29)16-4-2-5-17(12-16)27-10-3-7-25-27/h2-7,10-14H,8-9H2,1H3,(H,22,29)(H,21,23,24). The molecule has 29 heavy (non-hydrogen) atoms. The molecule has 1 aromatic carbocycles. The van der Waals surface area contributed by atoms with Crippen LogP contribution >= 0.6 is 0 Å². The van der Waals surface area contributed by atoms with E-state index < -0.39 is 0 Å². The number of aryl methyl sites for hydroxylation is 1. The minimum atomic E-state index is -0.142. The Balaban J connectivity index is 1.31.